The Kier molecular flexibility index (Phi) is 18.7. The molecule has 0 unspecified atom stereocenters. The second-order valence-electron chi connectivity index (χ2n) is 4.26. The van der Waals surface area contributed by atoms with Crippen LogP contribution in [0.2, 0.25) is 6.55 Å². The Balaban J connectivity index is -0.000000228. The molecule has 0 saturated carbocycles. The number of hydrogen-bond acceptors (Lipinski definition) is 0. The largest absolute Gasteiger partial charge is 1.00 e. The summed E-state index contributed by atoms with van der Waals surface area (Å²) in [6, 6.07) is 12.2. The molecule has 0 atom stereocenters. The van der Waals surface area contributed by atoms with Gasteiger partial charge in [-0.15, -0.1) is 0 Å². The van der Waals surface area contributed by atoms with Crippen molar-refractivity contribution in [2.45, 2.75) is 34.2 Å². The Bertz CT molecular complexity index is 418. The second kappa shape index (κ2) is 14.6. The molecular weight excluding hydrogens is 406 g/mol. The van der Waals surface area contributed by atoms with E-state index >= 15 is 0 Å². The molecule has 0 nitrogen and oxygen atoms in total. The molecule has 0 radical (unpaired) electrons. The quantitative estimate of drug-likeness (QED) is 0.286. The zero-order valence-corrected chi connectivity index (χ0v) is 18.3. The van der Waals surface area contributed by atoms with E-state index in [4.69, 9.17) is 11.1 Å². The fraction of sp³-hybridized carbons (Fsp3) is 0.333. The summed E-state index contributed by atoms with van der Waals surface area (Å²) in [5.74, 6) is 0. The van der Waals surface area contributed by atoms with E-state index in [1.165, 1.54) is 45.6 Å². The van der Waals surface area contributed by atoms with E-state index < -0.39 is 0 Å². The van der Waals surface area contributed by atoms with Gasteiger partial charge < -0.3 is 24.8 Å². The average molecular weight is 427 g/mol. The normalized spacial score (nSPS) is 8.00. The fourth-order valence-corrected chi connectivity index (χ4v) is 1.45. The van der Waals surface area contributed by atoms with E-state index in [-0.39, 0.29) is 29.6 Å². The molecule has 20 heavy (non-hydrogen) atoms. The standard InChI is InChI=1S/C9H13.C5H5.CH3ClSi.2ClH.Zr/c1-6-5-7(2)9(4)8(6)3;1-2-4-5-3-1;1-3-2;;;/h5H,1-4H3;1-5H;1H3;2*1H;/q2*-1;;;;+2/p-2. The van der Waals surface area contributed by atoms with Crippen molar-refractivity contribution in [3.63, 3.8) is 0 Å². The van der Waals surface area contributed by atoms with Gasteiger partial charge in [-0.05, 0) is 0 Å². The summed E-state index contributed by atoms with van der Waals surface area (Å²) in [5, 5.41) is 0. The summed E-state index contributed by atoms with van der Waals surface area (Å²) in [5.41, 5.74) is 5.75. The maximum absolute atomic E-state index is 5.42. The number of aryl methyl sites for hydroxylation is 2. The summed E-state index contributed by atoms with van der Waals surface area (Å²) in [6.45, 7) is 10.8. The summed E-state index contributed by atoms with van der Waals surface area (Å²) in [7, 11) is 0. The third kappa shape index (κ3) is 12.4. The zero-order chi connectivity index (χ0) is 14.1. The molecule has 0 aliphatic rings. The third-order valence-electron chi connectivity index (χ3n) is 2.73. The first-order valence-corrected chi connectivity index (χ1v) is 12.6. The zero-order valence-electron chi connectivity index (χ0n) is 12.6. The molecule has 2 aromatic rings. The molecule has 0 fully saturated rings. The molecule has 0 N–H and O–H groups in total. The predicted octanol–water partition coefficient (Wildman–Crippen LogP) is -1.06. The van der Waals surface area contributed by atoms with E-state index in [0.717, 1.165) is 0 Å². The number of halogens is 3. The van der Waals surface area contributed by atoms with Crippen molar-refractivity contribution in [3.05, 3.63) is 58.7 Å². The molecule has 0 aromatic heterocycles. The maximum atomic E-state index is 5.42. The topological polar surface area (TPSA) is 0 Å². The van der Waals surface area contributed by atoms with E-state index in [1.54, 1.807) is 0 Å². The van der Waals surface area contributed by atoms with Crippen LogP contribution in [-0.2, 0) is 23.3 Å². The van der Waals surface area contributed by atoms with Crippen LogP contribution in [0, 0.1) is 27.7 Å². The van der Waals surface area contributed by atoms with Crippen molar-refractivity contribution in [1.29, 1.82) is 0 Å². The molecular formula is C15H21Cl3SiZr-2. The van der Waals surface area contributed by atoms with E-state index in [9.17, 15) is 0 Å². The average Bonchev–Trinajstić information content (AvgIpc) is 2.89. The minimum absolute atomic E-state index is 0. The SMILES string of the molecule is C[Si](Cl)=[Zr+2].Cc1c[c-](C)c(C)c1C.[Cl-].[Cl-].c1cc[cH-]c1. The molecule has 0 aliphatic heterocycles. The fourth-order valence-electron chi connectivity index (χ4n) is 1.45. The first-order valence-electron chi connectivity index (χ1n) is 5.93. The molecule has 0 saturated heterocycles. The molecule has 2 aromatic carbocycles. The summed E-state index contributed by atoms with van der Waals surface area (Å²) in [6.07, 6.45) is 0. The summed E-state index contributed by atoms with van der Waals surface area (Å²) in [4.78, 5) is 0. The van der Waals surface area contributed by atoms with Gasteiger partial charge in [-0.25, -0.2) is 12.1 Å². The first kappa shape index (κ1) is 25.6. The molecule has 5 heteroatoms. The Morgan fingerprint density at radius 1 is 1.15 bits per heavy atom. The van der Waals surface area contributed by atoms with Crippen molar-refractivity contribution in [1.82, 2.24) is 0 Å². The third-order valence-corrected chi connectivity index (χ3v) is 2.73. The van der Waals surface area contributed by atoms with Gasteiger partial charge in [0.05, 0.1) is 0 Å². The molecule has 0 aliphatic carbocycles. The van der Waals surface area contributed by atoms with Crippen LogP contribution in [-0.4, -0.2) is 4.74 Å². The molecule has 0 spiro atoms. The Morgan fingerprint density at radius 2 is 1.55 bits per heavy atom. The second-order valence-corrected chi connectivity index (χ2v) is 14.9. The van der Waals surface area contributed by atoms with Gasteiger partial charge >= 0.3 is 45.7 Å². The molecule has 0 heterocycles. The number of hydrogen-bond donors (Lipinski definition) is 0. The van der Waals surface area contributed by atoms with Gasteiger partial charge in [-0.2, -0.15) is 46.5 Å². The smallest absolute Gasteiger partial charge is 0.0630 e. The van der Waals surface area contributed by atoms with Crippen molar-refractivity contribution >= 4 is 15.8 Å². The summed E-state index contributed by atoms with van der Waals surface area (Å²) < 4.78 is -0.317. The Hall–Kier alpha value is 0.670. The van der Waals surface area contributed by atoms with Gasteiger partial charge in [0.1, 0.15) is 0 Å². The van der Waals surface area contributed by atoms with E-state index in [1.807, 2.05) is 30.3 Å². The molecule has 0 amide bonds. The van der Waals surface area contributed by atoms with Gasteiger partial charge in [0.2, 0.25) is 0 Å². The number of rotatable bonds is 0. The van der Waals surface area contributed by atoms with Crippen LogP contribution in [0.3, 0.4) is 0 Å². The van der Waals surface area contributed by atoms with Crippen LogP contribution in [0.5, 0.6) is 0 Å². The minimum atomic E-state index is -0.317. The Labute approximate surface area is 155 Å². The molecule has 2 rings (SSSR count). The minimum Gasteiger partial charge on any atom is -1.00 e. The van der Waals surface area contributed by atoms with E-state index in [0.29, 0.717) is 0 Å². The summed E-state index contributed by atoms with van der Waals surface area (Å²) >= 11 is 6.92. The van der Waals surface area contributed by atoms with Crippen LogP contribution < -0.4 is 24.8 Å². The van der Waals surface area contributed by atoms with E-state index in [2.05, 4.69) is 40.3 Å². The van der Waals surface area contributed by atoms with Crippen molar-refractivity contribution in [3.8, 4) is 0 Å². The monoisotopic (exact) mass is 424 g/mol. The predicted molar refractivity (Wildman–Crippen MR) is 80.5 cm³/mol. The van der Waals surface area contributed by atoms with Gasteiger partial charge in [-0.3, -0.25) is 0 Å². The first-order chi connectivity index (χ1) is 8.36. The van der Waals surface area contributed by atoms with Crippen LogP contribution in [0.1, 0.15) is 22.3 Å². The van der Waals surface area contributed by atoms with Crippen molar-refractivity contribution in [2.75, 3.05) is 0 Å². The van der Waals surface area contributed by atoms with Gasteiger partial charge in [-0.1, -0.05) is 27.7 Å². The van der Waals surface area contributed by atoms with Gasteiger partial charge in [0.15, 0.2) is 0 Å². The van der Waals surface area contributed by atoms with Crippen LogP contribution in [0.15, 0.2) is 36.4 Å². The van der Waals surface area contributed by atoms with Crippen LogP contribution >= 0.6 is 11.1 Å². The van der Waals surface area contributed by atoms with Gasteiger partial charge in [0.25, 0.3) is 0 Å². The van der Waals surface area contributed by atoms with Crippen molar-refractivity contribution in [2.24, 2.45) is 0 Å². The molecule has 0 bridgehead atoms. The molecule has 112 valence electrons. The maximum Gasteiger partial charge on any atom is -0.0630 e. The van der Waals surface area contributed by atoms with Gasteiger partial charge in [0, 0.05) is 0 Å². The van der Waals surface area contributed by atoms with Crippen molar-refractivity contribution < 1.29 is 48.1 Å². The Morgan fingerprint density at radius 3 is 1.65 bits per heavy atom. The van der Waals surface area contributed by atoms with Crippen LogP contribution in [0.25, 0.3) is 0 Å². The van der Waals surface area contributed by atoms with Crippen LogP contribution in [0.4, 0.5) is 0 Å².